The summed E-state index contributed by atoms with van der Waals surface area (Å²) in [4.78, 5) is 24.6. The lowest BCUT2D eigenvalue weighted by atomic mass is 10.2. The maximum atomic E-state index is 12.0. The summed E-state index contributed by atoms with van der Waals surface area (Å²) in [5.74, 6) is -1.05. The van der Waals surface area contributed by atoms with Crippen LogP contribution in [0.3, 0.4) is 0 Å². The van der Waals surface area contributed by atoms with Crippen molar-refractivity contribution in [3.05, 3.63) is 12.7 Å². The molecule has 0 radical (unpaired) electrons. The van der Waals surface area contributed by atoms with Crippen LogP contribution < -0.4 is 5.32 Å². The van der Waals surface area contributed by atoms with E-state index in [1.807, 2.05) is 6.92 Å². The van der Waals surface area contributed by atoms with Crippen LogP contribution in [0.15, 0.2) is 12.7 Å². The third kappa shape index (κ3) is 3.73. The number of amides is 2. The van der Waals surface area contributed by atoms with Crippen LogP contribution in [0.25, 0.3) is 0 Å². The monoisotopic (exact) mass is 256 g/mol. The summed E-state index contributed by atoms with van der Waals surface area (Å²) in [6.07, 6.45) is 2.48. The molecule has 2 N–H and O–H groups in total. The largest absolute Gasteiger partial charge is 0.480 e. The van der Waals surface area contributed by atoms with Crippen LogP contribution in [0.4, 0.5) is 4.79 Å². The summed E-state index contributed by atoms with van der Waals surface area (Å²) < 4.78 is 5.30. The van der Waals surface area contributed by atoms with Crippen LogP contribution in [-0.2, 0) is 9.53 Å². The number of carbonyl (C=O) groups is 2. The molecule has 0 aliphatic carbocycles. The molecule has 1 heterocycles. The van der Waals surface area contributed by atoms with Gasteiger partial charge in [0.15, 0.2) is 0 Å². The van der Waals surface area contributed by atoms with E-state index in [4.69, 9.17) is 9.84 Å². The molecule has 1 aliphatic rings. The first-order valence-electron chi connectivity index (χ1n) is 6.08. The van der Waals surface area contributed by atoms with Crippen LogP contribution in [0.1, 0.15) is 19.8 Å². The van der Waals surface area contributed by atoms with Gasteiger partial charge in [0.2, 0.25) is 0 Å². The predicted octanol–water partition coefficient (Wildman–Crippen LogP) is 0.836. The first-order valence-corrected chi connectivity index (χ1v) is 6.08. The molecule has 0 saturated carbocycles. The average Bonchev–Trinajstić information content (AvgIpc) is 2.37. The van der Waals surface area contributed by atoms with Gasteiger partial charge < -0.3 is 20.1 Å². The number of nitrogens with one attached hydrogen (secondary N) is 1. The molecule has 2 amide bonds. The molecule has 6 heteroatoms. The van der Waals surface area contributed by atoms with E-state index in [1.54, 1.807) is 4.90 Å². The van der Waals surface area contributed by atoms with Crippen LogP contribution in [0.2, 0.25) is 0 Å². The van der Waals surface area contributed by atoms with Gasteiger partial charge in [0.05, 0.1) is 19.3 Å². The highest BCUT2D eigenvalue weighted by atomic mass is 16.5. The fourth-order valence-corrected chi connectivity index (χ4v) is 1.88. The van der Waals surface area contributed by atoms with Crippen LogP contribution >= 0.6 is 0 Å². The van der Waals surface area contributed by atoms with Crippen molar-refractivity contribution < 1.29 is 19.4 Å². The first-order chi connectivity index (χ1) is 8.60. The second kappa shape index (κ2) is 7.00. The summed E-state index contributed by atoms with van der Waals surface area (Å²) in [5, 5.41) is 11.5. The van der Waals surface area contributed by atoms with Crippen LogP contribution in [0.5, 0.6) is 0 Å². The fourth-order valence-electron chi connectivity index (χ4n) is 1.88. The number of rotatable bonds is 5. The Labute approximate surface area is 107 Å². The molecule has 1 saturated heterocycles. The minimum Gasteiger partial charge on any atom is -0.480 e. The molecule has 0 bridgehead atoms. The number of urea groups is 1. The highest BCUT2D eigenvalue weighted by molar-refractivity contribution is 5.82. The standard InChI is InChI=1S/C12H20N2O4/c1-3-5-10(11(15)16)13-12(17)14-6-7-18-8-9(14)4-2/h3,9-10H,1,4-8H2,2H3,(H,13,17)(H,15,16). The number of morpholine rings is 1. The van der Waals surface area contributed by atoms with Crippen molar-refractivity contribution in [2.45, 2.75) is 31.8 Å². The molecule has 6 nitrogen and oxygen atoms in total. The number of carboxylic acids is 1. The maximum absolute atomic E-state index is 12.0. The summed E-state index contributed by atoms with van der Waals surface area (Å²) >= 11 is 0. The summed E-state index contributed by atoms with van der Waals surface area (Å²) in [7, 11) is 0. The minimum absolute atomic E-state index is 0.0110. The van der Waals surface area contributed by atoms with E-state index in [2.05, 4.69) is 11.9 Å². The van der Waals surface area contributed by atoms with E-state index in [0.717, 1.165) is 6.42 Å². The van der Waals surface area contributed by atoms with Gasteiger partial charge in [-0.3, -0.25) is 0 Å². The lowest BCUT2D eigenvalue weighted by Crippen LogP contribution is -2.55. The van der Waals surface area contributed by atoms with E-state index in [1.165, 1.54) is 6.08 Å². The normalized spacial score (nSPS) is 21.2. The van der Waals surface area contributed by atoms with Gasteiger partial charge in [-0.25, -0.2) is 9.59 Å². The zero-order chi connectivity index (χ0) is 13.5. The highest BCUT2D eigenvalue weighted by Gasteiger charge is 2.28. The fraction of sp³-hybridized carbons (Fsp3) is 0.667. The van der Waals surface area contributed by atoms with Gasteiger partial charge in [0.25, 0.3) is 0 Å². The summed E-state index contributed by atoms with van der Waals surface area (Å²) in [5.41, 5.74) is 0. The number of ether oxygens (including phenoxy) is 1. The van der Waals surface area contributed by atoms with Gasteiger partial charge in [0.1, 0.15) is 6.04 Å². The van der Waals surface area contributed by atoms with E-state index in [0.29, 0.717) is 19.8 Å². The van der Waals surface area contributed by atoms with Crippen LogP contribution in [0, 0.1) is 0 Å². The minimum atomic E-state index is -1.05. The Morgan fingerprint density at radius 2 is 2.39 bits per heavy atom. The molecule has 2 atom stereocenters. The molecule has 0 aromatic carbocycles. The van der Waals surface area contributed by atoms with Gasteiger partial charge in [0, 0.05) is 6.54 Å². The Hall–Kier alpha value is -1.56. The molecule has 0 spiro atoms. The zero-order valence-electron chi connectivity index (χ0n) is 10.6. The molecule has 2 unspecified atom stereocenters. The van der Waals surface area contributed by atoms with Crippen molar-refractivity contribution in [1.82, 2.24) is 10.2 Å². The molecular formula is C12H20N2O4. The Morgan fingerprint density at radius 3 is 2.94 bits per heavy atom. The quantitative estimate of drug-likeness (QED) is 0.714. The Balaban J connectivity index is 2.61. The van der Waals surface area contributed by atoms with Gasteiger partial charge in [-0.2, -0.15) is 0 Å². The highest BCUT2D eigenvalue weighted by Crippen LogP contribution is 2.10. The molecule has 0 aromatic heterocycles. The third-order valence-corrected chi connectivity index (χ3v) is 2.96. The first kappa shape index (κ1) is 14.5. The summed E-state index contributed by atoms with van der Waals surface area (Å²) in [6, 6.07) is -1.26. The van der Waals surface area contributed by atoms with Gasteiger partial charge in [-0.05, 0) is 12.8 Å². The molecular weight excluding hydrogens is 236 g/mol. The van der Waals surface area contributed by atoms with Gasteiger partial charge in [-0.15, -0.1) is 6.58 Å². The van der Waals surface area contributed by atoms with Crippen molar-refractivity contribution in [2.24, 2.45) is 0 Å². The Kier molecular flexibility index (Phi) is 5.64. The smallest absolute Gasteiger partial charge is 0.326 e. The molecule has 1 fully saturated rings. The average molecular weight is 256 g/mol. The lowest BCUT2D eigenvalue weighted by Gasteiger charge is -2.35. The van der Waals surface area contributed by atoms with Crippen molar-refractivity contribution in [3.63, 3.8) is 0 Å². The van der Waals surface area contributed by atoms with Crippen molar-refractivity contribution >= 4 is 12.0 Å². The number of carbonyl (C=O) groups excluding carboxylic acids is 1. The van der Waals surface area contributed by atoms with Crippen molar-refractivity contribution in [1.29, 1.82) is 0 Å². The number of nitrogens with zero attached hydrogens (tertiary/aromatic N) is 1. The molecule has 0 aromatic rings. The molecule has 18 heavy (non-hydrogen) atoms. The third-order valence-electron chi connectivity index (χ3n) is 2.96. The zero-order valence-corrected chi connectivity index (χ0v) is 10.6. The van der Waals surface area contributed by atoms with Gasteiger partial charge in [-0.1, -0.05) is 13.0 Å². The second-order valence-corrected chi connectivity index (χ2v) is 4.20. The Bertz CT molecular complexity index is 319. The number of hydrogen-bond acceptors (Lipinski definition) is 3. The van der Waals surface area contributed by atoms with Crippen LogP contribution in [-0.4, -0.2) is 53.8 Å². The second-order valence-electron chi connectivity index (χ2n) is 4.20. The van der Waals surface area contributed by atoms with E-state index in [9.17, 15) is 9.59 Å². The molecule has 1 rings (SSSR count). The van der Waals surface area contributed by atoms with E-state index >= 15 is 0 Å². The number of carboxylic acid groups (broad SMARTS) is 1. The maximum Gasteiger partial charge on any atom is 0.326 e. The Morgan fingerprint density at radius 1 is 1.67 bits per heavy atom. The van der Waals surface area contributed by atoms with Crippen molar-refractivity contribution in [2.75, 3.05) is 19.8 Å². The molecule has 102 valence electrons. The summed E-state index contributed by atoms with van der Waals surface area (Å²) in [6.45, 7) is 6.94. The number of aliphatic carboxylic acids is 1. The van der Waals surface area contributed by atoms with Gasteiger partial charge >= 0.3 is 12.0 Å². The van der Waals surface area contributed by atoms with E-state index in [-0.39, 0.29) is 18.5 Å². The topological polar surface area (TPSA) is 78.9 Å². The predicted molar refractivity (Wildman–Crippen MR) is 66.4 cm³/mol. The van der Waals surface area contributed by atoms with E-state index < -0.39 is 12.0 Å². The molecule has 1 aliphatic heterocycles. The SMILES string of the molecule is C=CCC(NC(=O)N1CCOCC1CC)C(=O)O. The van der Waals surface area contributed by atoms with Crippen molar-refractivity contribution in [3.8, 4) is 0 Å². The lowest BCUT2D eigenvalue weighted by molar-refractivity contribution is -0.139. The number of hydrogen-bond donors (Lipinski definition) is 2.